The number of nitro benzene ring substituents is 1. The number of benzene rings is 2. The van der Waals surface area contributed by atoms with Crippen LogP contribution in [0.2, 0.25) is 0 Å². The van der Waals surface area contributed by atoms with Gasteiger partial charge in [-0.1, -0.05) is 15.9 Å². The van der Waals surface area contributed by atoms with E-state index in [0.29, 0.717) is 17.0 Å². The third kappa shape index (κ3) is 4.37. The quantitative estimate of drug-likeness (QED) is 0.215. The molecule has 2 heterocycles. The Labute approximate surface area is 196 Å². The molecule has 33 heavy (non-hydrogen) atoms. The highest BCUT2D eigenvalue weighted by atomic mass is 79.9. The average molecular weight is 511 g/mol. The summed E-state index contributed by atoms with van der Waals surface area (Å²) in [6, 6.07) is 13.4. The number of ether oxygens (including phenoxy) is 1. The predicted octanol–water partition coefficient (Wildman–Crippen LogP) is 5.28. The first-order chi connectivity index (χ1) is 15.8. The molecule has 2 aromatic carbocycles. The molecule has 10 heteroatoms. The Kier molecular flexibility index (Phi) is 6.01. The number of halogens is 1. The zero-order valence-corrected chi connectivity index (χ0v) is 19.5. The number of methoxy groups -OCH3 is 1. The van der Waals surface area contributed by atoms with Gasteiger partial charge in [0, 0.05) is 38.9 Å². The molecule has 0 radical (unpaired) electrons. The number of fused-ring (bicyclic) bond motifs is 1. The first-order valence-corrected chi connectivity index (χ1v) is 10.6. The van der Waals surface area contributed by atoms with Crippen LogP contribution < -0.4 is 10.2 Å². The summed E-state index contributed by atoms with van der Waals surface area (Å²) < 4.78 is 13.7. The van der Waals surface area contributed by atoms with Crippen molar-refractivity contribution in [1.29, 1.82) is 0 Å². The van der Waals surface area contributed by atoms with Crippen LogP contribution in [0.4, 0.5) is 5.69 Å². The molecule has 4 rings (SSSR count). The Morgan fingerprint density at radius 2 is 2.00 bits per heavy atom. The van der Waals surface area contributed by atoms with E-state index < -0.39 is 10.8 Å². The fraction of sp³-hybridized carbons (Fsp3) is 0.130. The first kappa shape index (κ1) is 22.3. The molecule has 0 aliphatic rings. The maximum atomic E-state index is 12.4. The lowest BCUT2D eigenvalue weighted by Gasteiger charge is -2.13. The average Bonchev–Trinajstić information content (AvgIpc) is 3.33. The molecule has 4 aromatic rings. The number of hydrazone groups is 1. The fourth-order valence-electron chi connectivity index (χ4n) is 3.60. The Morgan fingerprint density at radius 3 is 2.73 bits per heavy atom. The van der Waals surface area contributed by atoms with Crippen molar-refractivity contribution >= 4 is 44.7 Å². The van der Waals surface area contributed by atoms with Crippen LogP contribution in [0.25, 0.3) is 16.7 Å². The second-order valence-corrected chi connectivity index (χ2v) is 8.18. The van der Waals surface area contributed by atoms with E-state index in [-0.39, 0.29) is 11.4 Å². The summed E-state index contributed by atoms with van der Waals surface area (Å²) in [7, 11) is 1.51. The Morgan fingerprint density at radius 1 is 1.21 bits per heavy atom. The monoisotopic (exact) mass is 510 g/mol. The lowest BCUT2D eigenvalue weighted by atomic mass is 10.2. The summed E-state index contributed by atoms with van der Waals surface area (Å²) in [5.41, 5.74) is 5.89. The summed E-state index contributed by atoms with van der Waals surface area (Å²) in [5.74, 6) is 0.163. The molecular weight excluding hydrogens is 492 g/mol. The molecule has 0 aliphatic heterocycles. The summed E-state index contributed by atoms with van der Waals surface area (Å²) in [6.07, 6.45) is 1.51. The summed E-state index contributed by atoms with van der Waals surface area (Å²) >= 11 is 3.39. The van der Waals surface area contributed by atoms with Gasteiger partial charge in [-0.05, 0) is 50.2 Å². The molecule has 0 atom stereocenters. The lowest BCUT2D eigenvalue weighted by Crippen LogP contribution is -2.16. The van der Waals surface area contributed by atoms with E-state index in [2.05, 4.69) is 26.5 Å². The molecule has 0 saturated heterocycles. The Bertz CT molecular complexity index is 1420. The van der Waals surface area contributed by atoms with Gasteiger partial charge in [0.05, 0.1) is 23.9 Å². The van der Waals surface area contributed by atoms with Crippen LogP contribution in [0.1, 0.15) is 27.5 Å². The highest BCUT2D eigenvalue weighted by Gasteiger charge is 2.18. The van der Waals surface area contributed by atoms with E-state index in [1.807, 2.05) is 36.6 Å². The van der Waals surface area contributed by atoms with Crippen LogP contribution in [-0.2, 0) is 0 Å². The van der Waals surface area contributed by atoms with Gasteiger partial charge in [-0.15, -0.1) is 0 Å². The number of hydrogen-bond acceptors (Lipinski definition) is 6. The largest absolute Gasteiger partial charge is 0.495 e. The lowest BCUT2D eigenvalue weighted by molar-refractivity contribution is -0.384. The molecule has 1 N–H and O–H groups in total. The number of nitro groups is 1. The molecule has 1 amide bonds. The molecule has 168 valence electrons. The van der Waals surface area contributed by atoms with Gasteiger partial charge in [0.1, 0.15) is 11.3 Å². The second-order valence-electron chi connectivity index (χ2n) is 7.27. The molecule has 0 saturated carbocycles. The maximum Gasteiger partial charge on any atom is 0.307 e. The van der Waals surface area contributed by atoms with Crippen molar-refractivity contribution in [3.63, 3.8) is 0 Å². The first-order valence-electron chi connectivity index (χ1n) is 9.82. The number of nitrogens with zero attached hydrogens (tertiary/aromatic N) is 3. The third-order valence-electron chi connectivity index (χ3n) is 5.16. The van der Waals surface area contributed by atoms with Crippen molar-refractivity contribution in [1.82, 2.24) is 9.99 Å². The van der Waals surface area contributed by atoms with E-state index in [1.165, 1.54) is 25.5 Å². The highest BCUT2D eigenvalue weighted by Crippen LogP contribution is 2.31. The smallest absolute Gasteiger partial charge is 0.307 e. The number of nitrogens with one attached hydrogen (secondary N) is 1. The zero-order chi connectivity index (χ0) is 23.7. The fourth-order valence-corrected chi connectivity index (χ4v) is 3.98. The topological polar surface area (TPSA) is 112 Å². The van der Waals surface area contributed by atoms with Gasteiger partial charge in [-0.25, -0.2) is 5.43 Å². The van der Waals surface area contributed by atoms with Gasteiger partial charge >= 0.3 is 5.91 Å². The third-order valence-corrected chi connectivity index (χ3v) is 5.65. The van der Waals surface area contributed by atoms with Crippen molar-refractivity contribution < 1.29 is 18.9 Å². The van der Waals surface area contributed by atoms with Gasteiger partial charge in [0.2, 0.25) is 0 Å². The van der Waals surface area contributed by atoms with Crippen molar-refractivity contribution in [2.45, 2.75) is 13.8 Å². The minimum atomic E-state index is -0.479. The molecule has 0 bridgehead atoms. The van der Waals surface area contributed by atoms with Crippen LogP contribution in [-0.4, -0.2) is 28.7 Å². The van der Waals surface area contributed by atoms with Crippen molar-refractivity contribution in [2.75, 3.05) is 7.11 Å². The predicted molar refractivity (Wildman–Crippen MR) is 127 cm³/mol. The van der Waals surface area contributed by atoms with E-state index in [1.54, 1.807) is 18.2 Å². The summed E-state index contributed by atoms with van der Waals surface area (Å²) in [5, 5.41) is 16.1. The number of furan rings is 1. The molecule has 0 aliphatic carbocycles. The van der Waals surface area contributed by atoms with Crippen LogP contribution >= 0.6 is 15.9 Å². The number of carbonyl (C=O) groups is 1. The summed E-state index contributed by atoms with van der Waals surface area (Å²) in [4.78, 5) is 23.2. The number of amides is 1. The molecule has 9 nitrogen and oxygen atoms in total. The molecular formula is C23H19BrN4O5. The SMILES string of the molecule is COc1ccc([N+](=O)[O-])cc1-n1c(C)cc(/C=N/NC(=O)c2cc3cc(Br)ccc3o2)c1C. The summed E-state index contributed by atoms with van der Waals surface area (Å²) in [6.45, 7) is 3.72. The molecule has 0 spiro atoms. The number of rotatable bonds is 6. The Hall–Kier alpha value is -3.92. The van der Waals surface area contributed by atoms with Crippen molar-refractivity contribution in [3.05, 3.63) is 85.8 Å². The van der Waals surface area contributed by atoms with Crippen LogP contribution in [0.3, 0.4) is 0 Å². The van der Waals surface area contributed by atoms with E-state index >= 15 is 0 Å². The van der Waals surface area contributed by atoms with Crippen LogP contribution in [0.15, 0.2) is 62.5 Å². The van der Waals surface area contributed by atoms with Gasteiger partial charge < -0.3 is 13.7 Å². The number of hydrogen-bond donors (Lipinski definition) is 1. The van der Waals surface area contributed by atoms with Crippen LogP contribution in [0.5, 0.6) is 5.75 Å². The molecule has 2 aromatic heterocycles. The van der Waals surface area contributed by atoms with E-state index in [4.69, 9.17) is 9.15 Å². The van der Waals surface area contributed by atoms with E-state index in [0.717, 1.165) is 26.8 Å². The molecule has 0 fully saturated rings. The minimum absolute atomic E-state index is 0.0429. The van der Waals surface area contributed by atoms with Crippen molar-refractivity contribution in [3.8, 4) is 11.4 Å². The van der Waals surface area contributed by atoms with Crippen LogP contribution in [0, 0.1) is 24.0 Å². The Balaban J connectivity index is 1.59. The van der Waals surface area contributed by atoms with Crippen molar-refractivity contribution in [2.24, 2.45) is 5.10 Å². The van der Waals surface area contributed by atoms with Gasteiger partial charge in [0.25, 0.3) is 5.69 Å². The normalized spacial score (nSPS) is 11.3. The van der Waals surface area contributed by atoms with E-state index in [9.17, 15) is 14.9 Å². The highest BCUT2D eigenvalue weighted by molar-refractivity contribution is 9.10. The number of aromatic nitrogens is 1. The van der Waals surface area contributed by atoms with Gasteiger partial charge in [-0.3, -0.25) is 14.9 Å². The number of aryl methyl sites for hydroxylation is 1. The molecule has 0 unspecified atom stereocenters. The van der Waals surface area contributed by atoms with Gasteiger partial charge in [-0.2, -0.15) is 5.10 Å². The second kappa shape index (κ2) is 8.91. The number of carbonyl (C=O) groups excluding carboxylic acids is 1. The zero-order valence-electron chi connectivity index (χ0n) is 18.0. The number of non-ortho nitro benzene ring substituents is 1. The van der Waals surface area contributed by atoms with Gasteiger partial charge in [0.15, 0.2) is 5.76 Å². The minimum Gasteiger partial charge on any atom is -0.495 e. The standard InChI is InChI=1S/C23H19BrN4O5/c1-13-8-16(14(2)27(13)19-11-18(28(30)31)5-7-21(19)32-3)12-25-26-23(29)22-10-15-9-17(24)4-6-20(15)33-22/h4-12H,1-3H3,(H,26,29)/b25-12+. The maximum absolute atomic E-state index is 12.4.